The van der Waals surface area contributed by atoms with Gasteiger partial charge in [-0.25, -0.2) is 4.79 Å². The maximum atomic E-state index is 12.2. The normalized spacial score (nSPS) is 13.0. The van der Waals surface area contributed by atoms with Crippen LogP contribution in [0.15, 0.2) is 73.1 Å². The monoisotopic (exact) mass is 348 g/mol. The molecule has 1 aromatic heterocycles. The standard InChI is InChI=1S/C21H24N4O/c1-16(15-25-14-6-13-22-25)23-21(26)24-17(2)18-9-11-20(12-10-18)19-7-4-3-5-8-19/h3-14,16-17H,15H2,1-2H3,(H2,23,24,26). The highest BCUT2D eigenvalue weighted by atomic mass is 16.2. The van der Waals surface area contributed by atoms with Crippen molar-refractivity contribution in [3.63, 3.8) is 0 Å². The summed E-state index contributed by atoms with van der Waals surface area (Å²) in [6.45, 7) is 4.58. The molecule has 0 spiro atoms. The van der Waals surface area contributed by atoms with E-state index in [2.05, 4.69) is 52.1 Å². The van der Waals surface area contributed by atoms with E-state index in [9.17, 15) is 4.79 Å². The third-order valence-corrected chi connectivity index (χ3v) is 4.26. The molecule has 2 aromatic carbocycles. The first-order valence-corrected chi connectivity index (χ1v) is 8.81. The zero-order chi connectivity index (χ0) is 18.4. The fourth-order valence-electron chi connectivity index (χ4n) is 2.87. The van der Waals surface area contributed by atoms with Gasteiger partial charge in [-0.2, -0.15) is 5.10 Å². The van der Waals surface area contributed by atoms with Gasteiger partial charge in [-0.05, 0) is 36.6 Å². The van der Waals surface area contributed by atoms with Gasteiger partial charge in [0.05, 0.1) is 12.6 Å². The number of hydrogen-bond donors (Lipinski definition) is 2. The maximum absolute atomic E-state index is 12.2. The minimum atomic E-state index is -0.177. The topological polar surface area (TPSA) is 59.0 Å². The van der Waals surface area contributed by atoms with E-state index < -0.39 is 0 Å². The lowest BCUT2D eigenvalue weighted by atomic mass is 10.0. The highest BCUT2D eigenvalue weighted by Crippen LogP contribution is 2.21. The number of hydrogen-bond acceptors (Lipinski definition) is 2. The zero-order valence-corrected chi connectivity index (χ0v) is 15.1. The summed E-state index contributed by atoms with van der Waals surface area (Å²) in [6.07, 6.45) is 3.61. The summed E-state index contributed by atoms with van der Waals surface area (Å²) in [5.41, 5.74) is 3.42. The molecule has 0 aliphatic carbocycles. The minimum Gasteiger partial charge on any atom is -0.334 e. The predicted octanol–water partition coefficient (Wildman–Crippen LogP) is 4.00. The third-order valence-electron chi connectivity index (χ3n) is 4.26. The molecule has 0 bridgehead atoms. The molecular formula is C21H24N4O. The van der Waals surface area contributed by atoms with Gasteiger partial charge < -0.3 is 10.6 Å². The van der Waals surface area contributed by atoms with Gasteiger partial charge in [0.2, 0.25) is 0 Å². The van der Waals surface area contributed by atoms with Gasteiger partial charge in [0.15, 0.2) is 0 Å². The van der Waals surface area contributed by atoms with Gasteiger partial charge in [0.1, 0.15) is 0 Å². The van der Waals surface area contributed by atoms with Crippen LogP contribution in [0.3, 0.4) is 0 Å². The van der Waals surface area contributed by atoms with Crippen LogP contribution in [-0.4, -0.2) is 21.9 Å². The van der Waals surface area contributed by atoms with E-state index in [1.165, 1.54) is 11.1 Å². The number of aromatic nitrogens is 2. The Morgan fingerprint density at radius 3 is 2.31 bits per heavy atom. The highest BCUT2D eigenvalue weighted by molar-refractivity contribution is 5.74. The zero-order valence-electron chi connectivity index (χ0n) is 15.1. The molecular weight excluding hydrogens is 324 g/mol. The number of urea groups is 1. The van der Waals surface area contributed by atoms with Crippen LogP contribution in [-0.2, 0) is 6.54 Å². The number of amides is 2. The van der Waals surface area contributed by atoms with Crippen LogP contribution in [0.1, 0.15) is 25.5 Å². The van der Waals surface area contributed by atoms with Gasteiger partial charge in [0.25, 0.3) is 0 Å². The van der Waals surface area contributed by atoms with Crippen molar-refractivity contribution in [1.82, 2.24) is 20.4 Å². The van der Waals surface area contributed by atoms with Gasteiger partial charge in [-0.1, -0.05) is 54.6 Å². The summed E-state index contributed by atoms with van der Waals surface area (Å²) in [4.78, 5) is 12.2. The van der Waals surface area contributed by atoms with Crippen molar-refractivity contribution in [2.45, 2.75) is 32.5 Å². The first kappa shape index (κ1) is 17.7. The second kappa shape index (κ2) is 8.34. The number of carbonyl (C=O) groups is 1. The Morgan fingerprint density at radius 1 is 0.962 bits per heavy atom. The van der Waals surface area contributed by atoms with E-state index in [0.717, 1.165) is 5.56 Å². The van der Waals surface area contributed by atoms with E-state index in [1.54, 1.807) is 10.9 Å². The molecule has 0 aliphatic heterocycles. The average molecular weight is 348 g/mol. The van der Waals surface area contributed by atoms with E-state index in [0.29, 0.717) is 6.54 Å². The molecule has 0 saturated carbocycles. The molecule has 2 amide bonds. The average Bonchev–Trinajstić information content (AvgIpc) is 3.15. The van der Waals surface area contributed by atoms with Crippen molar-refractivity contribution >= 4 is 6.03 Å². The van der Waals surface area contributed by atoms with Gasteiger partial charge in [-0.3, -0.25) is 4.68 Å². The molecule has 0 aliphatic rings. The van der Waals surface area contributed by atoms with Crippen LogP contribution >= 0.6 is 0 Å². The Hall–Kier alpha value is -3.08. The Balaban J connectivity index is 1.54. The molecule has 2 unspecified atom stereocenters. The number of nitrogens with one attached hydrogen (secondary N) is 2. The largest absolute Gasteiger partial charge is 0.334 e. The molecule has 0 saturated heterocycles. The van der Waals surface area contributed by atoms with E-state index in [-0.39, 0.29) is 18.1 Å². The van der Waals surface area contributed by atoms with Crippen molar-refractivity contribution in [2.24, 2.45) is 0 Å². The number of nitrogens with zero attached hydrogens (tertiary/aromatic N) is 2. The summed E-state index contributed by atoms with van der Waals surface area (Å²) in [5, 5.41) is 10.1. The Morgan fingerprint density at radius 2 is 1.65 bits per heavy atom. The number of rotatable bonds is 6. The molecule has 3 rings (SSSR count). The summed E-state index contributed by atoms with van der Waals surface area (Å²) >= 11 is 0. The van der Waals surface area contributed by atoms with E-state index in [1.807, 2.05) is 44.3 Å². The molecule has 5 nitrogen and oxygen atoms in total. The van der Waals surface area contributed by atoms with Crippen molar-refractivity contribution in [3.05, 3.63) is 78.6 Å². The van der Waals surface area contributed by atoms with Crippen molar-refractivity contribution in [2.75, 3.05) is 0 Å². The van der Waals surface area contributed by atoms with Crippen molar-refractivity contribution in [3.8, 4) is 11.1 Å². The van der Waals surface area contributed by atoms with Crippen LogP contribution in [0.2, 0.25) is 0 Å². The van der Waals surface area contributed by atoms with Crippen LogP contribution < -0.4 is 10.6 Å². The first-order chi connectivity index (χ1) is 12.6. The summed E-state index contributed by atoms with van der Waals surface area (Å²) in [7, 11) is 0. The lowest BCUT2D eigenvalue weighted by molar-refractivity contribution is 0.233. The molecule has 2 atom stereocenters. The van der Waals surface area contributed by atoms with Crippen LogP contribution in [0.4, 0.5) is 4.79 Å². The molecule has 134 valence electrons. The second-order valence-electron chi connectivity index (χ2n) is 6.46. The van der Waals surface area contributed by atoms with Crippen LogP contribution in [0.25, 0.3) is 11.1 Å². The molecule has 5 heteroatoms. The Labute approximate surface area is 154 Å². The lowest BCUT2D eigenvalue weighted by Crippen LogP contribution is -2.43. The van der Waals surface area contributed by atoms with Gasteiger partial charge in [0, 0.05) is 18.4 Å². The first-order valence-electron chi connectivity index (χ1n) is 8.81. The Bertz CT molecular complexity index is 813. The second-order valence-corrected chi connectivity index (χ2v) is 6.46. The SMILES string of the molecule is CC(Cn1cccn1)NC(=O)NC(C)c1ccc(-c2ccccc2)cc1. The smallest absolute Gasteiger partial charge is 0.315 e. The minimum absolute atomic E-state index is 0.0115. The van der Waals surface area contributed by atoms with Crippen LogP contribution in [0, 0.1) is 0 Å². The van der Waals surface area contributed by atoms with E-state index >= 15 is 0 Å². The van der Waals surface area contributed by atoms with Crippen molar-refractivity contribution < 1.29 is 4.79 Å². The lowest BCUT2D eigenvalue weighted by Gasteiger charge is -2.19. The molecule has 0 fully saturated rings. The number of carbonyl (C=O) groups excluding carboxylic acids is 1. The fraction of sp³-hybridized carbons (Fsp3) is 0.238. The number of benzene rings is 2. The summed E-state index contributed by atoms with van der Waals surface area (Å²) < 4.78 is 1.80. The summed E-state index contributed by atoms with van der Waals surface area (Å²) in [6, 6.07) is 20.1. The fourth-order valence-corrected chi connectivity index (χ4v) is 2.87. The molecule has 26 heavy (non-hydrogen) atoms. The van der Waals surface area contributed by atoms with Crippen LogP contribution in [0.5, 0.6) is 0 Å². The molecule has 2 N–H and O–H groups in total. The van der Waals surface area contributed by atoms with Gasteiger partial charge >= 0.3 is 6.03 Å². The highest BCUT2D eigenvalue weighted by Gasteiger charge is 2.12. The summed E-state index contributed by atoms with van der Waals surface area (Å²) in [5.74, 6) is 0. The van der Waals surface area contributed by atoms with E-state index in [4.69, 9.17) is 0 Å². The molecule has 1 heterocycles. The quantitative estimate of drug-likeness (QED) is 0.707. The Kier molecular flexibility index (Phi) is 5.69. The van der Waals surface area contributed by atoms with Crippen molar-refractivity contribution in [1.29, 1.82) is 0 Å². The predicted molar refractivity (Wildman–Crippen MR) is 104 cm³/mol. The maximum Gasteiger partial charge on any atom is 0.315 e. The molecule has 3 aromatic rings. The third kappa shape index (κ3) is 4.72. The molecule has 0 radical (unpaired) electrons. The van der Waals surface area contributed by atoms with Gasteiger partial charge in [-0.15, -0.1) is 0 Å².